The van der Waals surface area contributed by atoms with Crippen LogP contribution in [0.2, 0.25) is 5.02 Å². The standard InChI is InChI=1S/C15H13ClFNO3S/c16-12-9-5-4-8(17)7-11(9)22-13(12)15(20)21-10-3-1-2-6-18-14(10)19/h4-5,7,10H,1-3,6H2,(H,18,19)/t10-/m0/s1. The molecule has 0 aliphatic carbocycles. The van der Waals surface area contributed by atoms with Gasteiger partial charge in [0.1, 0.15) is 10.7 Å². The van der Waals surface area contributed by atoms with Gasteiger partial charge in [-0.3, -0.25) is 4.79 Å². The van der Waals surface area contributed by atoms with Crippen molar-refractivity contribution in [3.8, 4) is 0 Å². The van der Waals surface area contributed by atoms with Crippen LogP contribution >= 0.6 is 22.9 Å². The lowest BCUT2D eigenvalue weighted by molar-refractivity contribution is -0.129. The van der Waals surface area contributed by atoms with E-state index in [1.165, 1.54) is 18.2 Å². The van der Waals surface area contributed by atoms with Gasteiger partial charge in [0.05, 0.1) is 5.02 Å². The summed E-state index contributed by atoms with van der Waals surface area (Å²) in [5.74, 6) is -1.32. The largest absolute Gasteiger partial charge is 0.448 e. The van der Waals surface area contributed by atoms with E-state index in [0.29, 0.717) is 23.1 Å². The van der Waals surface area contributed by atoms with Crippen molar-refractivity contribution < 1.29 is 18.7 Å². The number of rotatable bonds is 2. The Bertz CT molecular complexity index is 746. The Kier molecular flexibility index (Phi) is 4.31. The van der Waals surface area contributed by atoms with E-state index >= 15 is 0 Å². The molecule has 116 valence electrons. The molecule has 1 N–H and O–H groups in total. The maximum atomic E-state index is 13.2. The highest BCUT2D eigenvalue weighted by molar-refractivity contribution is 7.21. The Morgan fingerprint density at radius 3 is 3.05 bits per heavy atom. The Balaban J connectivity index is 1.85. The first-order chi connectivity index (χ1) is 10.6. The Labute approximate surface area is 135 Å². The van der Waals surface area contributed by atoms with E-state index in [0.717, 1.165) is 24.2 Å². The lowest BCUT2D eigenvalue weighted by Gasteiger charge is -2.13. The molecule has 1 aliphatic rings. The summed E-state index contributed by atoms with van der Waals surface area (Å²) in [6.45, 7) is 0.593. The molecule has 7 heteroatoms. The van der Waals surface area contributed by atoms with Crippen LogP contribution in [-0.2, 0) is 9.53 Å². The smallest absolute Gasteiger partial charge is 0.350 e. The summed E-state index contributed by atoms with van der Waals surface area (Å²) in [5.41, 5.74) is 0. The van der Waals surface area contributed by atoms with E-state index in [-0.39, 0.29) is 15.8 Å². The average molecular weight is 342 g/mol. The third kappa shape index (κ3) is 2.94. The summed E-state index contributed by atoms with van der Waals surface area (Å²) in [7, 11) is 0. The van der Waals surface area contributed by atoms with E-state index in [4.69, 9.17) is 16.3 Å². The number of hydrogen-bond donors (Lipinski definition) is 1. The van der Waals surface area contributed by atoms with E-state index in [2.05, 4.69) is 5.32 Å². The molecule has 0 bridgehead atoms. The molecule has 2 heterocycles. The average Bonchev–Trinajstić information content (AvgIpc) is 2.67. The van der Waals surface area contributed by atoms with Crippen LogP contribution in [0.3, 0.4) is 0 Å². The van der Waals surface area contributed by atoms with E-state index in [9.17, 15) is 14.0 Å². The summed E-state index contributed by atoms with van der Waals surface area (Å²) < 4.78 is 19.1. The topological polar surface area (TPSA) is 55.4 Å². The summed E-state index contributed by atoms with van der Waals surface area (Å²) in [6.07, 6.45) is 1.37. The molecule has 0 unspecified atom stereocenters. The first kappa shape index (κ1) is 15.2. The molecule has 1 aromatic carbocycles. The second-order valence-electron chi connectivity index (χ2n) is 5.07. The number of fused-ring (bicyclic) bond motifs is 1. The highest BCUT2D eigenvalue weighted by Gasteiger charge is 2.27. The minimum atomic E-state index is -0.798. The molecule has 1 saturated heterocycles. The highest BCUT2D eigenvalue weighted by atomic mass is 35.5. The van der Waals surface area contributed by atoms with Crippen LogP contribution in [0.4, 0.5) is 4.39 Å². The number of halogens is 2. The zero-order chi connectivity index (χ0) is 15.7. The number of carbonyl (C=O) groups is 2. The van der Waals surface area contributed by atoms with Crippen LogP contribution in [-0.4, -0.2) is 24.5 Å². The maximum Gasteiger partial charge on any atom is 0.350 e. The van der Waals surface area contributed by atoms with Crippen LogP contribution in [0.1, 0.15) is 28.9 Å². The lowest BCUT2D eigenvalue weighted by atomic mass is 10.2. The molecule has 2 aromatic rings. The number of thiophene rings is 1. The van der Waals surface area contributed by atoms with Gasteiger partial charge in [-0.2, -0.15) is 0 Å². The van der Waals surface area contributed by atoms with Gasteiger partial charge in [0.15, 0.2) is 6.10 Å². The fourth-order valence-corrected chi connectivity index (χ4v) is 3.79. The van der Waals surface area contributed by atoms with Crippen molar-refractivity contribution in [3.05, 3.63) is 33.9 Å². The number of nitrogens with one attached hydrogen (secondary N) is 1. The van der Waals surface area contributed by atoms with E-state index in [1.807, 2.05) is 0 Å². The quantitative estimate of drug-likeness (QED) is 0.850. The zero-order valence-corrected chi connectivity index (χ0v) is 13.1. The number of hydrogen-bond acceptors (Lipinski definition) is 4. The minimum absolute atomic E-state index is 0.194. The molecular weight excluding hydrogens is 329 g/mol. The monoisotopic (exact) mass is 341 g/mol. The highest BCUT2D eigenvalue weighted by Crippen LogP contribution is 2.36. The number of benzene rings is 1. The Morgan fingerprint density at radius 1 is 1.41 bits per heavy atom. The third-order valence-electron chi connectivity index (χ3n) is 3.51. The predicted octanol–water partition coefficient (Wildman–Crippen LogP) is 3.52. The molecule has 1 fully saturated rings. The van der Waals surface area contributed by atoms with Gasteiger partial charge in [-0.25, -0.2) is 9.18 Å². The van der Waals surface area contributed by atoms with Crippen molar-refractivity contribution in [2.24, 2.45) is 0 Å². The molecule has 0 radical (unpaired) electrons. The minimum Gasteiger partial charge on any atom is -0.448 e. The van der Waals surface area contributed by atoms with Gasteiger partial charge in [0.25, 0.3) is 5.91 Å². The van der Waals surface area contributed by atoms with E-state index in [1.54, 1.807) is 0 Å². The van der Waals surface area contributed by atoms with Gasteiger partial charge in [0.2, 0.25) is 0 Å². The molecule has 4 nitrogen and oxygen atoms in total. The summed E-state index contributed by atoms with van der Waals surface area (Å²) in [4.78, 5) is 24.3. The van der Waals surface area contributed by atoms with Crippen molar-refractivity contribution in [1.82, 2.24) is 5.32 Å². The Hall–Kier alpha value is -1.66. The van der Waals surface area contributed by atoms with E-state index < -0.39 is 17.9 Å². The van der Waals surface area contributed by atoms with Crippen LogP contribution in [0.5, 0.6) is 0 Å². The second-order valence-corrected chi connectivity index (χ2v) is 6.50. The van der Waals surface area contributed by atoms with Crippen molar-refractivity contribution in [2.75, 3.05) is 6.54 Å². The van der Waals surface area contributed by atoms with Crippen molar-refractivity contribution in [3.63, 3.8) is 0 Å². The van der Waals surface area contributed by atoms with Crippen LogP contribution in [0, 0.1) is 5.82 Å². The summed E-state index contributed by atoms with van der Waals surface area (Å²) in [6, 6.07) is 4.13. The molecule has 3 rings (SSSR count). The van der Waals surface area contributed by atoms with Gasteiger partial charge < -0.3 is 10.1 Å². The normalized spacial score (nSPS) is 18.8. The molecule has 1 amide bonds. The summed E-state index contributed by atoms with van der Waals surface area (Å²) >= 11 is 7.24. The van der Waals surface area contributed by atoms with Crippen molar-refractivity contribution in [2.45, 2.75) is 25.4 Å². The van der Waals surface area contributed by atoms with Crippen LogP contribution in [0.25, 0.3) is 10.1 Å². The number of carbonyl (C=O) groups excluding carboxylic acids is 2. The number of esters is 1. The number of ether oxygens (including phenoxy) is 1. The SMILES string of the molecule is O=C(O[C@H]1CCCCNC1=O)c1sc2cc(F)ccc2c1Cl. The fraction of sp³-hybridized carbons (Fsp3) is 0.333. The molecule has 1 aromatic heterocycles. The first-order valence-electron chi connectivity index (χ1n) is 6.92. The predicted molar refractivity (Wildman–Crippen MR) is 82.9 cm³/mol. The van der Waals surface area contributed by atoms with Gasteiger partial charge in [-0.05, 0) is 37.5 Å². The lowest BCUT2D eigenvalue weighted by Crippen LogP contribution is -2.35. The van der Waals surface area contributed by atoms with Gasteiger partial charge in [0, 0.05) is 16.6 Å². The van der Waals surface area contributed by atoms with Crippen LogP contribution in [0.15, 0.2) is 18.2 Å². The molecule has 1 aliphatic heterocycles. The third-order valence-corrected chi connectivity index (χ3v) is 5.15. The van der Waals surface area contributed by atoms with Gasteiger partial charge in [-0.15, -0.1) is 11.3 Å². The molecule has 1 atom stereocenters. The molecular formula is C15H13ClFNO3S. The fourth-order valence-electron chi connectivity index (χ4n) is 2.38. The van der Waals surface area contributed by atoms with Gasteiger partial charge in [-0.1, -0.05) is 11.6 Å². The Morgan fingerprint density at radius 2 is 2.23 bits per heavy atom. The first-order valence-corrected chi connectivity index (χ1v) is 8.12. The zero-order valence-electron chi connectivity index (χ0n) is 11.5. The molecule has 0 spiro atoms. The second kappa shape index (κ2) is 6.22. The van der Waals surface area contributed by atoms with Crippen molar-refractivity contribution >= 4 is 44.9 Å². The molecule has 0 saturated carbocycles. The number of amides is 1. The summed E-state index contributed by atoms with van der Waals surface area (Å²) in [5, 5.41) is 3.54. The maximum absolute atomic E-state index is 13.2. The van der Waals surface area contributed by atoms with Crippen LogP contribution < -0.4 is 5.32 Å². The van der Waals surface area contributed by atoms with Gasteiger partial charge >= 0.3 is 5.97 Å². The van der Waals surface area contributed by atoms with Crippen molar-refractivity contribution in [1.29, 1.82) is 0 Å². The molecule has 22 heavy (non-hydrogen) atoms.